The number of fused-ring (bicyclic) bond motifs is 1. The Kier molecular flexibility index (Phi) is 9.62. The molecule has 0 bridgehead atoms. The van der Waals surface area contributed by atoms with Crippen LogP contribution in [0.25, 0.3) is 22.2 Å². The summed E-state index contributed by atoms with van der Waals surface area (Å²) in [6.07, 6.45) is 3.45. The number of nitrogens with one attached hydrogen (secondary N) is 1. The third kappa shape index (κ3) is 7.36. The van der Waals surface area contributed by atoms with E-state index in [4.69, 9.17) is 9.72 Å². The lowest BCUT2D eigenvalue weighted by atomic mass is 9.93. The minimum atomic E-state index is -4.59. The van der Waals surface area contributed by atoms with Gasteiger partial charge in [0.05, 0.1) is 35.0 Å². The van der Waals surface area contributed by atoms with E-state index in [0.717, 1.165) is 63.0 Å². The summed E-state index contributed by atoms with van der Waals surface area (Å²) in [6.45, 7) is 3.93. The first kappa shape index (κ1) is 35.4. The van der Waals surface area contributed by atoms with Gasteiger partial charge in [0.15, 0.2) is 9.84 Å². The van der Waals surface area contributed by atoms with Crippen molar-refractivity contribution in [2.45, 2.75) is 74.1 Å². The predicted molar refractivity (Wildman–Crippen MR) is 190 cm³/mol. The monoisotopic (exact) mass is 720 g/mol. The van der Waals surface area contributed by atoms with Crippen LogP contribution in [0.5, 0.6) is 5.75 Å². The molecule has 0 unspecified atom stereocenters. The highest BCUT2D eigenvalue weighted by Crippen LogP contribution is 2.46. The van der Waals surface area contributed by atoms with Crippen LogP contribution in [-0.4, -0.2) is 74.7 Å². The van der Waals surface area contributed by atoms with Gasteiger partial charge in [-0.15, -0.1) is 0 Å². The molecule has 3 aliphatic rings. The second-order valence-electron chi connectivity index (χ2n) is 14.2. The summed E-state index contributed by atoms with van der Waals surface area (Å²) < 4.78 is 73.7. The van der Waals surface area contributed by atoms with Crippen molar-refractivity contribution in [1.29, 1.82) is 0 Å². The van der Waals surface area contributed by atoms with Crippen LogP contribution >= 0.6 is 0 Å². The molecule has 3 heterocycles. The maximum absolute atomic E-state index is 14.8. The molecule has 3 aromatic carbocycles. The normalized spacial score (nSPS) is 18.8. The van der Waals surface area contributed by atoms with Crippen LogP contribution in [0.3, 0.4) is 0 Å². The second-order valence-corrected chi connectivity index (χ2v) is 16.2. The topological polar surface area (TPSA) is 91.8 Å². The Morgan fingerprint density at radius 3 is 2.29 bits per heavy atom. The fourth-order valence-corrected chi connectivity index (χ4v) is 8.69. The van der Waals surface area contributed by atoms with Crippen molar-refractivity contribution in [1.82, 2.24) is 20.1 Å². The van der Waals surface area contributed by atoms with E-state index in [1.54, 1.807) is 6.07 Å². The zero-order chi connectivity index (χ0) is 36.0. The van der Waals surface area contributed by atoms with E-state index < -0.39 is 33.0 Å². The summed E-state index contributed by atoms with van der Waals surface area (Å²) in [4.78, 5) is 24.4. The van der Waals surface area contributed by atoms with Crippen LogP contribution in [0.2, 0.25) is 0 Å². The summed E-state index contributed by atoms with van der Waals surface area (Å²) in [5.74, 6) is -0.394. The maximum atomic E-state index is 14.8. The molecule has 12 heteroatoms. The van der Waals surface area contributed by atoms with Gasteiger partial charge in [-0.2, -0.15) is 13.2 Å². The lowest BCUT2D eigenvalue weighted by Gasteiger charge is -2.40. The van der Waals surface area contributed by atoms with E-state index in [2.05, 4.69) is 15.1 Å². The van der Waals surface area contributed by atoms with Crippen molar-refractivity contribution in [3.05, 3.63) is 89.0 Å². The number of halogens is 3. The third-order valence-corrected chi connectivity index (χ3v) is 11.9. The number of carbonyl (C=O) groups is 1. The molecule has 0 spiro atoms. The molecule has 0 atom stereocenters. The van der Waals surface area contributed by atoms with Crippen LogP contribution < -0.4 is 10.1 Å². The number of benzene rings is 3. The van der Waals surface area contributed by atoms with Gasteiger partial charge in [0.2, 0.25) is 0 Å². The summed E-state index contributed by atoms with van der Waals surface area (Å²) >= 11 is 0. The molecule has 2 aliphatic heterocycles. The van der Waals surface area contributed by atoms with Crippen molar-refractivity contribution in [3.63, 3.8) is 0 Å². The number of amides is 1. The molecule has 1 amide bonds. The number of nitrogens with zero attached hydrogens (tertiary/aromatic N) is 3. The van der Waals surface area contributed by atoms with Crippen molar-refractivity contribution in [2.75, 3.05) is 39.5 Å². The van der Waals surface area contributed by atoms with Crippen molar-refractivity contribution in [3.8, 4) is 17.0 Å². The molecular weight excluding hydrogens is 678 g/mol. The van der Waals surface area contributed by atoms with E-state index in [-0.39, 0.29) is 39.5 Å². The molecule has 3 fully saturated rings. The number of ether oxygens (including phenoxy) is 1. The first-order valence-electron chi connectivity index (χ1n) is 17.6. The number of sulfone groups is 1. The van der Waals surface area contributed by atoms with Gasteiger partial charge in [0.1, 0.15) is 10.6 Å². The standard InChI is InChI=1S/C39H43F3N4O4S/c1-50-33-24-32-30(23-34(33)51(2,48)49)35(37(47)44-38(16-17-38)27-11-5-3-6-12-27)31(36(43-32)26-10-9-13-28(22-26)39(40,41)42)25-45-20-14-29(15-21-45)46-18-7-4-8-19-46/h3,5-6,9-13,22-24,29H,4,7-8,14-21,25H2,1-2H3,(H,44,47). The lowest BCUT2D eigenvalue weighted by molar-refractivity contribution is -0.137. The van der Waals surface area contributed by atoms with E-state index in [9.17, 15) is 26.4 Å². The molecule has 1 saturated carbocycles. The number of likely N-dealkylation sites (tertiary alicyclic amines) is 2. The number of piperidine rings is 2. The predicted octanol–water partition coefficient (Wildman–Crippen LogP) is 7.20. The smallest absolute Gasteiger partial charge is 0.416 e. The quantitative estimate of drug-likeness (QED) is 0.196. The van der Waals surface area contributed by atoms with Gasteiger partial charge in [-0.05, 0) is 88.5 Å². The average molecular weight is 721 g/mol. The zero-order valence-corrected chi connectivity index (χ0v) is 29.7. The Morgan fingerprint density at radius 2 is 1.67 bits per heavy atom. The second kappa shape index (κ2) is 13.9. The van der Waals surface area contributed by atoms with E-state index in [0.29, 0.717) is 29.8 Å². The number of rotatable bonds is 9. The number of pyridine rings is 1. The molecule has 51 heavy (non-hydrogen) atoms. The first-order chi connectivity index (χ1) is 24.4. The fourth-order valence-electron chi connectivity index (χ4n) is 7.85. The number of hydrogen-bond donors (Lipinski definition) is 1. The number of alkyl halides is 3. The molecule has 1 N–H and O–H groups in total. The van der Waals surface area contributed by atoms with E-state index in [1.807, 2.05) is 30.3 Å². The van der Waals surface area contributed by atoms with Crippen LogP contribution in [-0.2, 0) is 28.1 Å². The van der Waals surface area contributed by atoms with Gasteiger partial charge in [-0.25, -0.2) is 13.4 Å². The third-order valence-electron chi connectivity index (χ3n) is 10.7. The molecule has 1 aromatic heterocycles. The van der Waals surface area contributed by atoms with Gasteiger partial charge in [-0.3, -0.25) is 9.69 Å². The van der Waals surface area contributed by atoms with Gasteiger partial charge < -0.3 is 15.0 Å². The molecule has 270 valence electrons. The summed E-state index contributed by atoms with van der Waals surface area (Å²) in [5, 5.41) is 3.57. The van der Waals surface area contributed by atoms with Crippen molar-refractivity contribution >= 4 is 26.6 Å². The highest BCUT2D eigenvalue weighted by Gasteiger charge is 2.46. The van der Waals surface area contributed by atoms with Gasteiger partial charge in [-0.1, -0.05) is 48.9 Å². The molecule has 0 radical (unpaired) electrons. The molecule has 4 aromatic rings. The number of aromatic nitrogens is 1. The van der Waals surface area contributed by atoms with Crippen LogP contribution in [0.4, 0.5) is 13.2 Å². The molecular formula is C39H43F3N4O4S. The SMILES string of the molecule is COc1cc2nc(-c3cccc(C(F)(F)F)c3)c(CN3CCC(N4CCCCC4)CC3)c(C(=O)NC3(c4ccccc4)CC3)c2cc1S(C)(=O)=O. The largest absolute Gasteiger partial charge is 0.495 e. The summed E-state index contributed by atoms with van der Waals surface area (Å²) in [7, 11) is -2.47. The summed E-state index contributed by atoms with van der Waals surface area (Å²) in [5.41, 5.74) is 0.894. The Balaban J connectivity index is 1.40. The maximum Gasteiger partial charge on any atom is 0.416 e. The lowest BCUT2D eigenvalue weighted by Crippen LogP contribution is -2.46. The van der Waals surface area contributed by atoms with Crippen LogP contribution in [0.15, 0.2) is 71.6 Å². The first-order valence-corrected chi connectivity index (χ1v) is 19.5. The van der Waals surface area contributed by atoms with Gasteiger partial charge >= 0.3 is 6.18 Å². The number of carbonyl (C=O) groups excluding carboxylic acids is 1. The van der Waals surface area contributed by atoms with Crippen molar-refractivity contribution in [2.24, 2.45) is 0 Å². The Hall–Kier alpha value is -4.00. The minimum Gasteiger partial charge on any atom is -0.495 e. The van der Waals surface area contributed by atoms with Crippen LogP contribution in [0, 0.1) is 0 Å². The van der Waals surface area contributed by atoms with E-state index in [1.165, 1.54) is 44.6 Å². The molecule has 1 aliphatic carbocycles. The summed E-state index contributed by atoms with van der Waals surface area (Å²) in [6, 6.07) is 18.0. The highest BCUT2D eigenvalue weighted by molar-refractivity contribution is 7.90. The van der Waals surface area contributed by atoms with E-state index >= 15 is 0 Å². The van der Waals surface area contributed by atoms with Crippen LogP contribution in [0.1, 0.15) is 72.0 Å². The Morgan fingerprint density at radius 1 is 0.961 bits per heavy atom. The fraction of sp³-hybridized carbons (Fsp3) is 0.436. The Labute approximate surface area is 296 Å². The minimum absolute atomic E-state index is 0.0364. The van der Waals surface area contributed by atoms with Crippen molar-refractivity contribution < 1.29 is 31.1 Å². The molecule has 8 nitrogen and oxygen atoms in total. The molecule has 7 rings (SSSR count). The van der Waals surface area contributed by atoms with Gasteiger partial charge in [0.25, 0.3) is 5.91 Å². The Bertz CT molecular complexity index is 2040. The van der Waals surface area contributed by atoms with Gasteiger partial charge in [0, 0.05) is 41.4 Å². The average Bonchev–Trinajstić information content (AvgIpc) is 3.91. The molecule has 2 saturated heterocycles. The number of hydrogen-bond acceptors (Lipinski definition) is 7. The number of methoxy groups -OCH3 is 1. The highest BCUT2D eigenvalue weighted by atomic mass is 32.2. The zero-order valence-electron chi connectivity index (χ0n) is 28.9.